The van der Waals surface area contributed by atoms with E-state index in [0.717, 1.165) is 6.42 Å². The first-order valence-electron chi connectivity index (χ1n) is 5.89. The van der Waals surface area contributed by atoms with Crippen LogP contribution in [0.3, 0.4) is 0 Å². The normalized spacial score (nSPS) is 45.5. The Morgan fingerprint density at radius 3 is 2.87 bits per heavy atom. The lowest BCUT2D eigenvalue weighted by atomic mass is 9.48. The standard InChI is InChI=1S/C14H18O/c1-9-8-14-6-4-5-10(14)7-11(9)13(2,3)12(14)15/h4-5,8,10-11H,6-7H2,1-3H3/t10-,11-,14+/m0/s1. The van der Waals surface area contributed by atoms with Gasteiger partial charge in [0, 0.05) is 5.41 Å². The maximum Gasteiger partial charge on any atom is 0.149 e. The molecule has 0 heterocycles. The summed E-state index contributed by atoms with van der Waals surface area (Å²) in [5, 5.41) is 0. The molecule has 4 rings (SSSR count). The fraction of sp³-hybridized carbons (Fsp3) is 0.643. The van der Waals surface area contributed by atoms with Crippen molar-refractivity contribution >= 4 is 5.78 Å². The first-order valence-corrected chi connectivity index (χ1v) is 5.89. The molecular weight excluding hydrogens is 184 g/mol. The van der Waals surface area contributed by atoms with Crippen molar-refractivity contribution in [2.24, 2.45) is 22.7 Å². The lowest BCUT2D eigenvalue weighted by molar-refractivity contribution is -0.145. The van der Waals surface area contributed by atoms with Crippen LogP contribution in [-0.4, -0.2) is 5.78 Å². The van der Waals surface area contributed by atoms with Crippen LogP contribution in [-0.2, 0) is 4.79 Å². The Morgan fingerprint density at radius 2 is 2.13 bits per heavy atom. The van der Waals surface area contributed by atoms with E-state index in [1.165, 1.54) is 12.0 Å². The molecule has 4 aliphatic carbocycles. The van der Waals surface area contributed by atoms with Gasteiger partial charge in [-0.05, 0) is 31.6 Å². The zero-order valence-corrected chi connectivity index (χ0v) is 9.71. The van der Waals surface area contributed by atoms with Crippen LogP contribution in [0.25, 0.3) is 0 Å². The second kappa shape index (κ2) is 2.45. The number of carbonyl (C=O) groups is 1. The van der Waals surface area contributed by atoms with Gasteiger partial charge in [0.15, 0.2) is 0 Å². The van der Waals surface area contributed by atoms with Gasteiger partial charge in [-0.1, -0.05) is 37.6 Å². The highest BCUT2D eigenvalue weighted by molar-refractivity contribution is 5.95. The Hall–Kier alpha value is -0.850. The quantitative estimate of drug-likeness (QED) is 0.551. The number of allylic oxidation sites excluding steroid dienone is 4. The summed E-state index contributed by atoms with van der Waals surface area (Å²) in [6.07, 6.45) is 8.86. The molecule has 1 heteroatoms. The first-order chi connectivity index (χ1) is 6.98. The molecular formula is C14H18O. The summed E-state index contributed by atoms with van der Waals surface area (Å²) in [6, 6.07) is 0. The molecule has 2 bridgehead atoms. The number of Topliss-reactive ketones (excluding diaryl/α,β-unsaturated/α-hetero) is 1. The van der Waals surface area contributed by atoms with Gasteiger partial charge in [0.25, 0.3) is 0 Å². The molecule has 1 saturated carbocycles. The van der Waals surface area contributed by atoms with E-state index in [-0.39, 0.29) is 10.8 Å². The maximum atomic E-state index is 12.6. The molecule has 0 aromatic carbocycles. The van der Waals surface area contributed by atoms with Crippen LogP contribution >= 0.6 is 0 Å². The van der Waals surface area contributed by atoms with Crippen molar-refractivity contribution in [3.8, 4) is 0 Å². The van der Waals surface area contributed by atoms with Crippen LogP contribution in [0.15, 0.2) is 23.8 Å². The van der Waals surface area contributed by atoms with Gasteiger partial charge in [-0.15, -0.1) is 0 Å². The average Bonchev–Trinajstić information content (AvgIpc) is 2.56. The van der Waals surface area contributed by atoms with E-state index in [0.29, 0.717) is 17.6 Å². The fourth-order valence-electron chi connectivity index (χ4n) is 4.10. The zero-order valence-electron chi connectivity index (χ0n) is 9.71. The fourth-order valence-corrected chi connectivity index (χ4v) is 4.10. The second-order valence-corrected chi connectivity index (χ2v) is 6.01. The Morgan fingerprint density at radius 1 is 1.40 bits per heavy atom. The largest absolute Gasteiger partial charge is 0.298 e. The minimum Gasteiger partial charge on any atom is -0.298 e. The third-order valence-corrected chi connectivity index (χ3v) is 4.89. The number of carbonyl (C=O) groups excluding carboxylic acids is 1. The Bertz CT molecular complexity index is 400. The van der Waals surface area contributed by atoms with Crippen LogP contribution in [0, 0.1) is 22.7 Å². The lowest BCUT2D eigenvalue weighted by Crippen LogP contribution is -2.55. The summed E-state index contributed by atoms with van der Waals surface area (Å²) in [5.74, 6) is 1.44. The summed E-state index contributed by atoms with van der Waals surface area (Å²) in [5.41, 5.74) is 1.16. The number of rotatable bonds is 0. The summed E-state index contributed by atoms with van der Waals surface area (Å²) in [4.78, 5) is 12.6. The van der Waals surface area contributed by atoms with Crippen molar-refractivity contribution in [3.63, 3.8) is 0 Å². The molecule has 0 aromatic heterocycles. The van der Waals surface area contributed by atoms with Gasteiger partial charge in [0.2, 0.25) is 0 Å². The molecule has 0 amide bonds. The molecule has 0 N–H and O–H groups in total. The molecule has 4 aliphatic rings. The van der Waals surface area contributed by atoms with Crippen molar-refractivity contribution in [1.82, 2.24) is 0 Å². The van der Waals surface area contributed by atoms with Gasteiger partial charge in [-0.3, -0.25) is 4.79 Å². The molecule has 80 valence electrons. The van der Waals surface area contributed by atoms with Crippen molar-refractivity contribution in [2.45, 2.75) is 33.6 Å². The third kappa shape index (κ3) is 0.878. The molecule has 0 aromatic rings. The monoisotopic (exact) mass is 202 g/mol. The molecule has 1 fully saturated rings. The lowest BCUT2D eigenvalue weighted by Gasteiger charge is -2.53. The number of fused-ring (bicyclic) bond motifs is 1. The van der Waals surface area contributed by atoms with Gasteiger partial charge in [0.05, 0.1) is 5.41 Å². The van der Waals surface area contributed by atoms with Gasteiger partial charge >= 0.3 is 0 Å². The molecule has 15 heavy (non-hydrogen) atoms. The molecule has 3 atom stereocenters. The third-order valence-electron chi connectivity index (χ3n) is 4.89. The van der Waals surface area contributed by atoms with E-state index in [1.807, 2.05) is 0 Å². The Kier molecular flexibility index (Phi) is 1.53. The van der Waals surface area contributed by atoms with E-state index in [4.69, 9.17) is 0 Å². The number of hydrogen-bond acceptors (Lipinski definition) is 1. The van der Waals surface area contributed by atoms with Gasteiger partial charge in [0.1, 0.15) is 5.78 Å². The molecule has 0 aliphatic heterocycles. The van der Waals surface area contributed by atoms with E-state index in [2.05, 4.69) is 39.0 Å². The predicted molar refractivity (Wildman–Crippen MR) is 60.3 cm³/mol. The van der Waals surface area contributed by atoms with Crippen LogP contribution < -0.4 is 0 Å². The topological polar surface area (TPSA) is 17.1 Å². The van der Waals surface area contributed by atoms with Gasteiger partial charge < -0.3 is 0 Å². The summed E-state index contributed by atoms with van der Waals surface area (Å²) in [7, 11) is 0. The molecule has 0 unspecified atom stereocenters. The van der Waals surface area contributed by atoms with Crippen molar-refractivity contribution in [1.29, 1.82) is 0 Å². The maximum absolute atomic E-state index is 12.6. The van der Waals surface area contributed by atoms with Gasteiger partial charge in [-0.2, -0.15) is 0 Å². The number of ketones is 1. The highest BCUT2D eigenvalue weighted by Gasteiger charge is 2.60. The molecule has 0 saturated heterocycles. The molecule has 1 spiro atoms. The Balaban J connectivity index is 2.21. The highest BCUT2D eigenvalue weighted by Crippen LogP contribution is 2.61. The van der Waals surface area contributed by atoms with Gasteiger partial charge in [-0.25, -0.2) is 0 Å². The summed E-state index contributed by atoms with van der Waals surface area (Å²) < 4.78 is 0. The van der Waals surface area contributed by atoms with E-state index >= 15 is 0 Å². The zero-order chi connectivity index (χ0) is 10.8. The van der Waals surface area contributed by atoms with Crippen molar-refractivity contribution in [2.75, 3.05) is 0 Å². The van der Waals surface area contributed by atoms with Crippen LogP contribution in [0.1, 0.15) is 33.6 Å². The highest BCUT2D eigenvalue weighted by atomic mass is 16.1. The van der Waals surface area contributed by atoms with E-state index in [9.17, 15) is 4.79 Å². The summed E-state index contributed by atoms with van der Waals surface area (Å²) in [6.45, 7) is 6.47. The number of hydrogen-bond donors (Lipinski definition) is 0. The van der Waals surface area contributed by atoms with E-state index < -0.39 is 0 Å². The first kappa shape index (κ1) is 9.38. The van der Waals surface area contributed by atoms with Crippen LogP contribution in [0.4, 0.5) is 0 Å². The second-order valence-electron chi connectivity index (χ2n) is 6.01. The van der Waals surface area contributed by atoms with Crippen LogP contribution in [0.5, 0.6) is 0 Å². The minimum absolute atomic E-state index is 0.138. The molecule has 1 nitrogen and oxygen atoms in total. The average molecular weight is 202 g/mol. The molecule has 0 radical (unpaired) electrons. The van der Waals surface area contributed by atoms with Crippen molar-refractivity contribution in [3.05, 3.63) is 23.8 Å². The summed E-state index contributed by atoms with van der Waals surface area (Å²) >= 11 is 0. The smallest absolute Gasteiger partial charge is 0.149 e. The van der Waals surface area contributed by atoms with E-state index in [1.54, 1.807) is 0 Å². The predicted octanol–water partition coefficient (Wildman–Crippen LogP) is 3.12. The minimum atomic E-state index is -0.150. The SMILES string of the molecule is CC1=C[C@]23CC=C[C@H]2C[C@@H]1C(C)(C)C3=O. The van der Waals surface area contributed by atoms with Crippen LogP contribution in [0.2, 0.25) is 0 Å². The van der Waals surface area contributed by atoms with Crippen molar-refractivity contribution < 1.29 is 4.79 Å². The Labute approximate surface area is 91.2 Å².